The zero-order valence-corrected chi connectivity index (χ0v) is 20.2. The summed E-state index contributed by atoms with van der Waals surface area (Å²) in [6.07, 6.45) is 3.56. The Balaban J connectivity index is 0.00000280. The second-order valence-corrected chi connectivity index (χ2v) is 8.60. The smallest absolute Gasteiger partial charge is 0.193 e. The van der Waals surface area contributed by atoms with Crippen molar-refractivity contribution in [2.45, 2.75) is 50.7 Å². The van der Waals surface area contributed by atoms with Crippen molar-refractivity contribution in [1.82, 2.24) is 10.2 Å². The van der Waals surface area contributed by atoms with E-state index in [0.717, 1.165) is 51.6 Å². The first-order valence-corrected chi connectivity index (χ1v) is 11.2. The Kier molecular flexibility index (Phi) is 11.0. The van der Waals surface area contributed by atoms with Crippen LogP contribution in [0, 0.1) is 0 Å². The summed E-state index contributed by atoms with van der Waals surface area (Å²) in [6.45, 7) is 7.53. The summed E-state index contributed by atoms with van der Waals surface area (Å²) < 4.78 is 11.5. The van der Waals surface area contributed by atoms with E-state index < -0.39 is 0 Å². The van der Waals surface area contributed by atoms with Gasteiger partial charge in [-0.3, -0.25) is 4.99 Å². The van der Waals surface area contributed by atoms with Crippen molar-refractivity contribution in [3.8, 4) is 0 Å². The lowest BCUT2D eigenvalue weighted by Crippen LogP contribution is -2.47. The summed E-state index contributed by atoms with van der Waals surface area (Å²) in [7, 11) is 1.88. The number of ether oxygens (including phenoxy) is 2. The number of aliphatic imine (C=N–C) groups is 1. The quantitative estimate of drug-likeness (QED) is 0.351. The Morgan fingerprint density at radius 2 is 2.11 bits per heavy atom. The molecule has 2 heterocycles. The zero-order valence-electron chi connectivity index (χ0n) is 17.1. The van der Waals surface area contributed by atoms with E-state index in [-0.39, 0.29) is 24.0 Å². The van der Waals surface area contributed by atoms with Crippen LogP contribution in [0.25, 0.3) is 0 Å². The second-order valence-electron chi connectivity index (χ2n) is 7.19. The summed E-state index contributed by atoms with van der Waals surface area (Å²) in [6, 6.07) is 8.66. The molecule has 0 radical (unpaired) electrons. The van der Waals surface area contributed by atoms with Gasteiger partial charge in [-0.2, -0.15) is 11.8 Å². The van der Waals surface area contributed by atoms with Gasteiger partial charge < -0.3 is 19.7 Å². The van der Waals surface area contributed by atoms with Gasteiger partial charge >= 0.3 is 0 Å². The minimum atomic E-state index is 0. The average Bonchev–Trinajstić information content (AvgIpc) is 2.74. The molecule has 7 heteroatoms. The lowest BCUT2D eigenvalue weighted by Gasteiger charge is -2.34. The summed E-state index contributed by atoms with van der Waals surface area (Å²) in [5.41, 5.74) is 2.50. The molecule has 2 aliphatic heterocycles. The van der Waals surface area contributed by atoms with E-state index in [1.807, 2.05) is 7.05 Å². The Bertz CT molecular complexity index is 611. The van der Waals surface area contributed by atoms with Crippen LogP contribution in [-0.2, 0) is 22.6 Å². The molecule has 1 aromatic carbocycles. The largest absolute Gasteiger partial charge is 0.381 e. The van der Waals surface area contributed by atoms with Gasteiger partial charge in [0.15, 0.2) is 5.96 Å². The highest BCUT2D eigenvalue weighted by molar-refractivity contribution is 14.0. The Labute approximate surface area is 191 Å². The molecule has 0 amide bonds. The van der Waals surface area contributed by atoms with Gasteiger partial charge in [-0.15, -0.1) is 24.0 Å². The molecule has 0 bridgehead atoms. The summed E-state index contributed by atoms with van der Waals surface area (Å²) >= 11 is 2.08. The monoisotopic (exact) mass is 519 g/mol. The summed E-state index contributed by atoms with van der Waals surface area (Å²) in [5.74, 6) is 2.19. The Morgan fingerprint density at radius 3 is 2.86 bits per heavy atom. The lowest BCUT2D eigenvalue weighted by molar-refractivity contribution is -0.0390. The maximum absolute atomic E-state index is 6.06. The third-order valence-corrected chi connectivity index (χ3v) is 6.57. The van der Waals surface area contributed by atoms with Crippen molar-refractivity contribution in [3.63, 3.8) is 0 Å². The molecule has 0 spiro atoms. The molecule has 3 rings (SSSR count). The van der Waals surface area contributed by atoms with E-state index >= 15 is 0 Å². The van der Waals surface area contributed by atoms with Crippen LogP contribution in [0.5, 0.6) is 0 Å². The highest BCUT2D eigenvalue weighted by Gasteiger charge is 2.21. The first-order chi connectivity index (χ1) is 13.3. The van der Waals surface area contributed by atoms with Crippen molar-refractivity contribution < 1.29 is 9.47 Å². The summed E-state index contributed by atoms with van der Waals surface area (Å²) in [5, 5.41) is 4.25. The number of benzene rings is 1. The zero-order chi connectivity index (χ0) is 18.9. The standard InChI is InChI=1S/C21H33N3O2S.HI/c1-3-20-15-24(9-12-27-20)21(22-2)23-14-17-5-4-6-18(13-17)16-26-19-7-10-25-11-8-19;/h4-6,13,19-20H,3,7-12,14-16H2,1-2H3,(H,22,23);1H. The number of rotatable bonds is 6. The van der Waals surface area contributed by atoms with Gasteiger partial charge in [-0.05, 0) is 30.4 Å². The van der Waals surface area contributed by atoms with Crippen molar-refractivity contribution in [1.29, 1.82) is 0 Å². The van der Waals surface area contributed by atoms with Crippen LogP contribution in [0.2, 0.25) is 0 Å². The minimum absolute atomic E-state index is 0. The van der Waals surface area contributed by atoms with Crippen molar-refractivity contribution in [2.24, 2.45) is 4.99 Å². The first kappa shape index (κ1) is 23.8. The normalized spacial score (nSPS) is 21.3. The van der Waals surface area contributed by atoms with Crippen LogP contribution in [0.4, 0.5) is 0 Å². The third-order valence-electron chi connectivity index (χ3n) is 5.20. The van der Waals surface area contributed by atoms with Gasteiger partial charge in [0.25, 0.3) is 0 Å². The van der Waals surface area contributed by atoms with Crippen LogP contribution in [0.15, 0.2) is 29.3 Å². The highest BCUT2D eigenvalue weighted by atomic mass is 127. The number of halogens is 1. The molecule has 0 saturated carbocycles. The van der Waals surface area contributed by atoms with Crippen LogP contribution < -0.4 is 5.32 Å². The van der Waals surface area contributed by atoms with E-state index in [4.69, 9.17) is 9.47 Å². The molecule has 2 aliphatic rings. The number of guanidine groups is 1. The van der Waals surface area contributed by atoms with Crippen LogP contribution in [0.1, 0.15) is 37.3 Å². The fraction of sp³-hybridized carbons (Fsp3) is 0.667. The van der Waals surface area contributed by atoms with E-state index in [1.165, 1.54) is 23.3 Å². The number of nitrogens with one attached hydrogen (secondary N) is 1. The molecule has 158 valence electrons. The van der Waals surface area contributed by atoms with Crippen LogP contribution >= 0.6 is 35.7 Å². The van der Waals surface area contributed by atoms with Crippen molar-refractivity contribution in [2.75, 3.05) is 39.1 Å². The average molecular weight is 519 g/mol. The van der Waals surface area contributed by atoms with E-state index in [1.54, 1.807) is 0 Å². The van der Waals surface area contributed by atoms with Gasteiger partial charge in [0.1, 0.15) is 0 Å². The van der Waals surface area contributed by atoms with E-state index in [2.05, 4.69) is 58.2 Å². The van der Waals surface area contributed by atoms with Crippen molar-refractivity contribution >= 4 is 41.7 Å². The molecule has 5 nitrogen and oxygen atoms in total. The molecule has 1 aromatic rings. The fourth-order valence-electron chi connectivity index (χ4n) is 3.56. The lowest BCUT2D eigenvalue weighted by atomic mass is 10.1. The number of hydrogen-bond acceptors (Lipinski definition) is 4. The minimum Gasteiger partial charge on any atom is -0.381 e. The van der Waals surface area contributed by atoms with Gasteiger partial charge in [0.2, 0.25) is 0 Å². The maximum atomic E-state index is 6.06. The molecule has 28 heavy (non-hydrogen) atoms. The number of hydrogen-bond donors (Lipinski definition) is 1. The second kappa shape index (κ2) is 12.9. The first-order valence-electron chi connectivity index (χ1n) is 10.1. The molecular formula is C21H34IN3O2S. The molecule has 2 fully saturated rings. The van der Waals surface area contributed by atoms with Gasteiger partial charge in [0.05, 0.1) is 12.7 Å². The molecular weight excluding hydrogens is 485 g/mol. The Morgan fingerprint density at radius 1 is 1.32 bits per heavy atom. The molecule has 2 saturated heterocycles. The van der Waals surface area contributed by atoms with E-state index in [9.17, 15) is 0 Å². The fourth-order valence-corrected chi connectivity index (χ4v) is 4.74. The molecule has 1 unspecified atom stereocenters. The number of thioether (sulfide) groups is 1. The molecule has 0 aliphatic carbocycles. The topological polar surface area (TPSA) is 46.1 Å². The summed E-state index contributed by atoms with van der Waals surface area (Å²) in [4.78, 5) is 6.89. The number of nitrogens with zero attached hydrogens (tertiary/aromatic N) is 2. The highest BCUT2D eigenvalue weighted by Crippen LogP contribution is 2.21. The van der Waals surface area contributed by atoms with Crippen molar-refractivity contribution in [3.05, 3.63) is 35.4 Å². The molecule has 0 aromatic heterocycles. The van der Waals surface area contributed by atoms with Crippen LogP contribution in [-0.4, -0.2) is 61.3 Å². The maximum Gasteiger partial charge on any atom is 0.193 e. The third kappa shape index (κ3) is 7.39. The van der Waals surface area contributed by atoms with Gasteiger partial charge in [0, 0.05) is 50.9 Å². The van der Waals surface area contributed by atoms with Crippen LogP contribution in [0.3, 0.4) is 0 Å². The SMILES string of the molecule is CCC1CN(C(=NC)NCc2cccc(COC3CCOCC3)c2)CCS1.I. The molecule has 1 N–H and O–H groups in total. The predicted octanol–water partition coefficient (Wildman–Crippen LogP) is 3.90. The van der Waals surface area contributed by atoms with Gasteiger partial charge in [-0.1, -0.05) is 31.2 Å². The van der Waals surface area contributed by atoms with E-state index in [0.29, 0.717) is 18.0 Å². The predicted molar refractivity (Wildman–Crippen MR) is 129 cm³/mol. The molecule has 1 atom stereocenters. The Hall–Kier alpha value is -0.510. The van der Waals surface area contributed by atoms with Gasteiger partial charge in [-0.25, -0.2) is 0 Å².